The summed E-state index contributed by atoms with van der Waals surface area (Å²) < 4.78 is 12.1. The van der Waals surface area contributed by atoms with Crippen LogP contribution in [0.3, 0.4) is 0 Å². The van der Waals surface area contributed by atoms with Gasteiger partial charge in [0.1, 0.15) is 6.61 Å². The number of carboxylic acid groups (broad SMARTS) is 1. The number of rotatable bonds is 7. The molecule has 0 aliphatic carbocycles. The van der Waals surface area contributed by atoms with Gasteiger partial charge in [0.25, 0.3) is 5.91 Å². The standard InChI is InChI=1S/C26H21BrN2O5S/c1-15-3-9-19(10-4-15)28-26-29-24(30)22(35-26)13-17-11-20(27)23(21(12-17)33-2)34-14-16-5-7-18(8-6-16)25(31)32/h3-13H,14H2,1-2H3,(H,31,32)(H,28,29,30)/b22-13-. The van der Waals surface area contributed by atoms with Crippen molar-refractivity contribution in [3.63, 3.8) is 0 Å². The van der Waals surface area contributed by atoms with E-state index in [4.69, 9.17) is 14.6 Å². The molecule has 1 aliphatic rings. The number of amides is 1. The first kappa shape index (κ1) is 24.6. The van der Waals surface area contributed by atoms with Crippen LogP contribution in [0.4, 0.5) is 5.69 Å². The molecular weight excluding hydrogens is 532 g/mol. The Morgan fingerprint density at radius 1 is 1.14 bits per heavy atom. The number of hydrogen-bond donors (Lipinski definition) is 2. The van der Waals surface area contributed by atoms with Crippen LogP contribution in [0.1, 0.15) is 27.0 Å². The molecule has 1 saturated heterocycles. The van der Waals surface area contributed by atoms with Crippen LogP contribution in [-0.2, 0) is 11.4 Å². The summed E-state index contributed by atoms with van der Waals surface area (Å²) in [6.07, 6.45) is 1.76. The number of benzene rings is 3. The maximum Gasteiger partial charge on any atom is 0.335 e. The number of carbonyl (C=O) groups excluding carboxylic acids is 1. The summed E-state index contributed by atoms with van der Waals surface area (Å²) in [5.41, 5.74) is 3.69. The minimum Gasteiger partial charge on any atom is -0.493 e. The fourth-order valence-electron chi connectivity index (χ4n) is 3.23. The zero-order chi connectivity index (χ0) is 24.9. The number of carboxylic acids is 1. The summed E-state index contributed by atoms with van der Waals surface area (Å²) in [6.45, 7) is 2.23. The molecular formula is C26H21BrN2O5S. The Morgan fingerprint density at radius 2 is 1.86 bits per heavy atom. The minimum absolute atomic E-state index is 0.214. The Bertz CT molecular complexity index is 1340. The van der Waals surface area contributed by atoms with Gasteiger partial charge >= 0.3 is 5.97 Å². The highest BCUT2D eigenvalue weighted by atomic mass is 79.9. The number of ether oxygens (including phenoxy) is 2. The number of aromatic carboxylic acids is 1. The number of carbonyl (C=O) groups is 2. The summed E-state index contributed by atoms with van der Waals surface area (Å²) >= 11 is 4.79. The number of halogens is 1. The molecule has 0 bridgehead atoms. The van der Waals surface area contributed by atoms with Gasteiger partial charge < -0.3 is 19.9 Å². The number of methoxy groups -OCH3 is 1. The van der Waals surface area contributed by atoms with E-state index < -0.39 is 5.97 Å². The minimum atomic E-state index is -0.978. The fraction of sp³-hybridized carbons (Fsp3) is 0.115. The van der Waals surface area contributed by atoms with Gasteiger partial charge in [0, 0.05) is 0 Å². The van der Waals surface area contributed by atoms with E-state index in [-0.39, 0.29) is 18.1 Å². The largest absolute Gasteiger partial charge is 0.493 e. The molecule has 3 aromatic carbocycles. The summed E-state index contributed by atoms with van der Waals surface area (Å²) in [5, 5.41) is 12.3. The van der Waals surface area contributed by atoms with Crippen LogP contribution in [0, 0.1) is 6.92 Å². The quantitative estimate of drug-likeness (QED) is 0.352. The van der Waals surface area contributed by atoms with Crippen molar-refractivity contribution in [3.8, 4) is 11.5 Å². The van der Waals surface area contributed by atoms with Crippen LogP contribution >= 0.6 is 27.7 Å². The van der Waals surface area contributed by atoms with Crippen LogP contribution < -0.4 is 14.8 Å². The smallest absolute Gasteiger partial charge is 0.335 e. The molecule has 1 aliphatic heterocycles. The van der Waals surface area contributed by atoms with Crippen molar-refractivity contribution < 1.29 is 24.2 Å². The SMILES string of the molecule is COc1cc(/C=C2\SC(=Nc3ccc(C)cc3)NC2=O)cc(Br)c1OCc1ccc(C(=O)O)cc1. The maximum atomic E-state index is 12.5. The lowest BCUT2D eigenvalue weighted by atomic mass is 10.1. The Kier molecular flexibility index (Phi) is 7.57. The van der Waals surface area contributed by atoms with Crippen LogP contribution in [-0.4, -0.2) is 29.3 Å². The van der Waals surface area contributed by atoms with Crippen molar-refractivity contribution in [2.24, 2.45) is 4.99 Å². The lowest BCUT2D eigenvalue weighted by Crippen LogP contribution is -2.19. The lowest BCUT2D eigenvalue weighted by Gasteiger charge is -2.14. The van der Waals surface area contributed by atoms with Crippen LogP contribution in [0.5, 0.6) is 11.5 Å². The van der Waals surface area contributed by atoms with Gasteiger partial charge in [-0.3, -0.25) is 4.79 Å². The third-order valence-corrected chi connectivity index (χ3v) is 6.55. The van der Waals surface area contributed by atoms with Gasteiger partial charge in [-0.15, -0.1) is 0 Å². The number of nitrogens with zero attached hydrogens (tertiary/aromatic N) is 1. The Hall–Kier alpha value is -3.56. The number of aliphatic imine (C=N–C) groups is 1. The molecule has 9 heteroatoms. The Balaban J connectivity index is 1.50. The molecule has 7 nitrogen and oxygen atoms in total. The van der Waals surface area contributed by atoms with Crippen molar-refractivity contribution in [1.82, 2.24) is 5.32 Å². The molecule has 0 spiro atoms. The molecule has 0 radical (unpaired) electrons. The lowest BCUT2D eigenvalue weighted by molar-refractivity contribution is -0.115. The van der Waals surface area contributed by atoms with Gasteiger partial charge in [0.15, 0.2) is 16.7 Å². The topological polar surface area (TPSA) is 97.2 Å². The van der Waals surface area contributed by atoms with E-state index >= 15 is 0 Å². The average molecular weight is 553 g/mol. The second-order valence-corrected chi connectivity index (χ2v) is 9.53. The number of hydrogen-bond acceptors (Lipinski definition) is 6. The zero-order valence-corrected chi connectivity index (χ0v) is 21.3. The molecule has 1 heterocycles. The van der Waals surface area contributed by atoms with Gasteiger partial charge in [-0.05, 0) is 88.2 Å². The van der Waals surface area contributed by atoms with E-state index in [0.717, 1.165) is 22.4 Å². The van der Waals surface area contributed by atoms with Crippen molar-refractivity contribution in [2.75, 3.05) is 7.11 Å². The van der Waals surface area contributed by atoms with Gasteiger partial charge in [0.05, 0.1) is 27.7 Å². The van der Waals surface area contributed by atoms with Crippen LogP contribution in [0.15, 0.2) is 75.0 Å². The molecule has 1 fully saturated rings. The van der Waals surface area contributed by atoms with E-state index in [0.29, 0.717) is 26.0 Å². The monoisotopic (exact) mass is 552 g/mol. The highest BCUT2D eigenvalue weighted by Gasteiger charge is 2.24. The molecule has 0 atom stereocenters. The first-order valence-corrected chi connectivity index (χ1v) is 12.1. The molecule has 2 N–H and O–H groups in total. The third kappa shape index (κ3) is 6.12. The Labute approximate surface area is 215 Å². The van der Waals surface area contributed by atoms with Gasteiger partial charge in [-0.2, -0.15) is 0 Å². The van der Waals surface area contributed by atoms with Crippen molar-refractivity contribution in [2.45, 2.75) is 13.5 Å². The molecule has 0 aromatic heterocycles. The van der Waals surface area contributed by atoms with Crippen molar-refractivity contribution in [1.29, 1.82) is 0 Å². The van der Waals surface area contributed by atoms with E-state index in [1.807, 2.05) is 37.3 Å². The number of thioether (sulfide) groups is 1. The predicted molar refractivity (Wildman–Crippen MR) is 140 cm³/mol. The first-order chi connectivity index (χ1) is 16.8. The molecule has 0 saturated carbocycles. The third-order valence-electron chi connectivity index (χ3n) is 5.05. The van der Waals surface area contributed by atoms with Crippen molar-refractivity contribution in [3.05, 3.63) is 92.3 Å². The number of amidine groups is 1. The molecule has 3 aromatic rings. The zero-order valence-electron chi connectivity index (χ0n) is 18.9. The van der Waals surface area contributed by atoms with E-state index in [9.17, 15) is 9.59 Å². The molecule has 0 unspecified atom stereocenters. The second-order valence-electron chi connectivity index (χ2n) is 7.64. The second kappa shape index (κ2) is 10.8. The van der Waals surface area contributed by atoms with Crippen LogP contribution in [0.2, 0.25) is 0 Å². The summed E-state index contributed by atoms with van der Waals surface area (Å²) in [6, 6.07) is 17.8. The summed E-state index contributed by atoms with van der Waals surface area (Å²) in [7, 11) is 1.54. The molecule has 4 rings (SSSR count). The average Bonchev–Trinajstić information content (AvgIpc) is 3.18. The highest BCUT2D eigenvalue weighted by molar-refractivity contribution is 9.10. The number of nitrogens with one attached hydrogen (secondary N) is 1. The van der Waals surface area contributed by atoms with Gasteiger partial charge in [0.2, 0.25) is 0 Å². The van der Waals surface area contributed by atoms with E-state index in [1.54, 1.807) is 24.3 Å². The number of aryl methyl sites for hydroxylation is 1. The maximum absolute atomic E-state index is 12.5. The molecule has 35 heavy (non-hydrogen) atoms. The summed E-state index contributed by atoms with van der Waals surface area (Å²) in [5.74, 6) is -0.206. The summed E-state index contributed by atoms with van der Waals surface area (Å²) in [4.78, 5) is 28.5. The van der Waals surface area contributed by atoms with Crippen LogP contribution in [0.25, 0.3) is 6.08 Å². The fourth-order valence-corrected chi connectivity index (χ4v) is 4.65. The Morgan fingerprint density at radius 3 is 2.51 bits per heavy atom. The highest BCUT2D eigenvalue weighted by Crippen LogP contribution is 2.39. The van der Waals surface area contributed by atoms with Crippen molar-refractivity contribution >= 4 is 56.5 Å². The predicted octanol–water partition coefficient (Wildman–Crippen LogP) is 5.93. The normalized spacial score (nSPS) is 15.3. The van der Waals surface area contributed by atoms with E-state index in [2.05, 4.69) is 26.2 Å². The molecule has 178 valence electrons. The van der Waals surface area contributed by atoms with Gasteiger partial charge in [-0.1, -0.05) is 29.8 Å². The van der Waals surface area contributed by atoms with Gasteiger partial charge in [-0.25, -0.2) is 9.79 Å². The van der Waals surface area contributed by atoms with E-state index in [1.165, 1.54) is 31.0 Å². The molecule has 1 amide bonds. The first-order valence-electron chi connectivity index (χ1n) is 10.5.